The molecule has 0 fully saturated rings. The van der Waals surface area contributed by atoms with E-state index in [1.165, 1.54) is 0 Å². The summed E-state index contributed by atoms with van der Waals surface area (Å²) >= 11 is 0. The van der Waals surface area contributed by atoms with Gasteiger partial charge < -0.3 is 15.3 Å². The molecule has 0 spiro atoms. The van der Waals surface area contributed by atoms with Crippen LogP contribution in [-0.2, 0) is 6.54 Å². The van der Waals surface area contributed by atoms with Crippen molar-refractivity contribution in [3.05, 3.63) is 47.7 Å². The molecule has 100 valence electrons. The van der Waals surface area contributed by atoms with E-state index in [-0.39, 0.29) is 0 Å². The lowest BCUT2D eigenvalue weighted by Gasteiger charge is -2.13. The first-order valence-electron chi connectivity index (χ1n) is 6.22. The van der Waals surface area contributed by atoms with Gasteiger partial charge in [0.25, 0.3) is 0 Å². The molecule has 0 saturated carbocycles. The number of hydrogen-bond donors (Lipinski definition) is 2. The van der Waals surface area contributed by atoms with Gasteiger partial charge in [0.05, 0.1) is 11.9 Å². The predicted octanol–water partition coefficient (Wildman–Crippen LogP) is 2.77. The van der Waals surface area contributed by atoms with Crippen molar-refractivity contribution in [2.45, 2.75) is 13.5 Å². The van der Waals surface area contributed by atoms with E-state index in [0.29, 0.717) is 12.3 Å². The third-order valence-electron chi connectivity index (χ3n) is 3.01. The van der Waals surface area contributed by atoms with Crippen molar-refractivity contribution in [3.8, 4) is 5.75 Å². The van der Waals surface area contributed by atoms with Crippen molar-refractivity contribution >= 4 is 11.5 Å². The second-order valence-electron chi connectivity index (χ2n) is 4.74. The van der Waals surface area contributed by atoms with Gasteiger partial charge in [0.15, 0.2) is 0 Å². The SMILES string of the molecule is Cc1cccc(CNc2ccc(N(C)C)nc2)c1O. The van der Waals surface area contributed by atoms with Gasteiger partial charge in [-0.2, -0.15) is 0 Å². The Morgan fingerprint density at radius 2 is 2.00 bits per heavy atom. The number of para-hydroxylation sites is 1. The number of aryl methyl sites for hydroxylation is 1. The predicted molar refractivity (Wildman–Crippen MR) is 78.7 cm³/mol. The van der Waals surface area contributed by atoms with Gasteiger partial charge in [-0.1, -0.05) is 18.2 Å². The summed E-state index contributed by atoms with van der Waals surface area (Å²) in [4.78, 5) is 6.29. The zero-order chi connectivity index (χ0) is 13.8. The van der Waals surface area contributed by atoms with Crippen LogP contribution >= 0.6 is 0 Å². The minimum atomic E-state index is 0.355. The normalized spacial score (nSPS) is 10.3. The molecular weight excluding hydrogens is 238 g/mol. The van der Waals surface area contributed by atoms with Crippen LogP contribution in [0.4, 0.5) is 11.5 Å². The van der Waals surface area contributed by atoms with E-state index in [4.69, 9.17) is 0 Å². The number of aromatic nitrogens is 1. The Labute approximate surface area is 113 Å². The number of anilines is 2. The van der Waals surface area contributed by atoms with E-state index in [2.05, 4.69) is 10.3 Å². The molecule has 1 heterocycles. The highest BCUT2D eigenvalue weighted by Gasteiger charge is 2.03. The Bertz CT molecular complexity index is 550. The molecule has 0 aliphatic rings. The number of aromatic hydroxyl groups is 1. The van der Waals surface area contributed by atoms with Crippen molar-refractivity contribution < 1.29 is 5.11 Å². The lowest BCUT2D eigenvalue weighted by molar-refractivity contribution is 0.465. The zero-order valence-corrected chi connectivity index (χ0v) is 11.5. The molecule has 4 nitrogen and oxygen atoms in total. The Morgan fingerprint density at radius 3 is 2.63 bits per heavy atom. The molecule has 1 aromatic carbocycles. The number of pyridine rings is 1. The van der Waals surface area contributed by atoms with Gasteiger partial charge in [-0.3, -0.25) is 0 Å². The summed E-state index contributed by atoms with van der Waals surface area (Å²) in [5, 5.41) is 13.2. The summed E-state index contributed by atoms with van der Waals surface area (Å²) in [5.41, 5.74) is 2.71. The minimum Gasteiger partial charge on any atom is -0.507 e. The Morgan fingerprint density at radius 1 is 1.21 bits per heavy atom. The number of phenolic OH excluding ortho intramolecular Hbond substituents is 1. The first kappa shape index (κ1) is 13.2. The van der Waals surface area contributed by atoms with Gasteiger partial charge in [0, 0.05) is 26.2 Å². The number of benzene rings is 1. The smallest absolute Gasteiger partial charge is 0.128 e. The summed E-state index contributed by atoms with van der Waals surface area (Å²) in [7, 11) is 3.92. The highest BCUT2D eigenvalue weighted by molar-refractivity contribution is 5.49. The molecular formula is C15H19N3O. The molecule has 0 saturated heterocycles. The topological polar surface area (TPSA) is 48.4 Å². The van der Waals surface area contributed by atoms with E-state index in [1.54, 1.807) is 6.20 Å². The molecule has 2 aromatic rings. The van der Waals surface area contributed by atoms with Crippen LogP contribution in [0.2, 0.25) is 0 Å². The van der Waals surface area contributed by atoms with Crippen molar-refractivity contribution in [1.82, 2.24) is 4.98 Å². The fraction of sp³-hybridized carbons (Fsp3) is 0.267. The van der Waals surface area contributed by atoms with Crippen LogP contribution in [0.25, 0.3) is 0 Å². The highest BCUT2D eigenvalue weighted by atomic mass is 16.3. The van der Waals surface area contributed by atoms with Crippen LogP contribution in [-0.4, -0.2) is 24.2 Å². The van der Waals surface area contributed by atoms with Crippen molar-refractivity contribution in [3.63, 3.8) is 0 Å². The summed E-state index contributed by atoms with van der Waals surface area (Å²) in [6.07, 6.45) is 1.79. The Kier molecular flexibility index (Phi) is 3.90. The molecule has 0 atom stereocenters. The largest absolute Gasteiger partial charge is 0.507 e. The monoisotopic (exact) mass is 257 g/mol. The highest BCUT2D eigenvalue weighted by Crippen LogP contribution is 2.22. The van der Waals surface area contributed by atoms with Crippen LogP contribution in [0.1, 0.15) is 11.1 Å². The quantitative estimate of drug-likeness (QED) is 0.884. The van der Waals surface area contributed by atoms with E-state index in [0.717, 1.165) is 22.6 Å². The number of nitrogens with one attached hydrogen (secondary N) is 1. The first-order valence-corrected chi connectivity index (χ1v) is 6.22. The second-order valence-corrected chi connectivity index (χ2v) is 4.74. The summed E-state index contributed by atoms with van der Waals surface area (Å²) in [6.45, 7) is 2.47. The second kappa shape index (κ2) is 5.61. The molecule has 1 aromatic heterocycles. The Hall–Kier alpha value is -2.23. The molecule has 2 N–H and O–H groups in total. The van der Waals surface area contributed by atoms with Crippen LogP contribution < -0.4 is 10.2 Å². The van der Waals surface area contributed by atoms with Crippen LogP contribution in [0.15, 0.2) is 36.5 Å². The van der Waals surface area contributed by atoms with Gasteiger partial charge >= 0.3 is 0 Å². The number of nitrogens with zero attached hydrogens (tertiary/aromatic N) is 2. The van der Waals surface area contributed by atoms with Gasteiger partial charge in [-0.15, -0.1) is 0 Å². The lowest BCUT2D eigenvalue weighted by atomic mass is 10.1. The molecule has 0 radical (unpaired) electrons. The summed E-state index contributed by atoms with van der Waals surface area (Å²) < 4.78 is 0. The van der Waals surface area contributed by atoms with Gasteiger partial charge in [-0.05, 0) is 24.6 Å². The van der Waals surface area contributed by atoms with Gasteiger partial charge in [0.2, 0.25) is 0 Å². The van der Waals surface area contributed by atoms with Crippen molar-refractivity contribution in [1.29, 1.82) is 0 Å². The van der Waals surface area contributed by atoms with E-state index in [9.17, 15) is 5.11 Å². The summed E-state index contributed by atoms with van der Waals surface area (Å²) in [5.74, 6) is 1.27. The maximum absolute atomic E-state index is 9.93. The molecule has 0 amide bonds. The number of hydrogen-bond acceptors (Lipinski definition) is 4. The van der Waals surface area contributed by atoms with Crippen LogP contribution in [0.5, 0.6) is 5.75 Å². The molecule has 4 heteroatoms. The van der Waals surface area contributed by atoms with Crippen LogP contribution in [0, 0.1) is 6.92 Å². The molecule has 2 rings (SSSR count). The molecule has 0 aliphatic heterocycles. The van der Waals surface area contributed by atoms with Crippen molar-refractivity contribution in [2.24, 2.45) is 0 Å². The first-order chi connectivity index (χ1) is 9.08. The fourth-order valence-electron chi connectivity index (χ4n) is 1.81. The van der Waals surface area contributed by atoms with Gasteiger partial charge in [0.1, 0.15) is 11.6 Å². The molecule has 0 unspecified atom stereocenters. The standard InChI is InChI=1S/C15H19N3O/c1-11-5-4-6-12(15(11)19)9-16-13-7-8-14(17-10-13)18(2)3/h4-8,10,16,19H,9H2,1-3H3. The van der Waals surface area contributed by atoms with Crippen molar-refractivity contribution in [2.75, 3.05) is 24.3 Å². The number of rotatable bonds is 4. The third-order valence-corrected chi connectivity index (χ3v) is 3.01. The average Bonchev–Trinajstić information content (AvgIpc) is 2.41. The van der Waals surface area contributed by atoms with Crippen LogP contribution in [0.3, 0.4) is 0 Å². The lowest BCUT2D eigenvalue weighted by Crippen LogP contribution is -2.10. The average molecular weight is 257 g/mol. The molecule has 0 aliphatic carbocycles. The zero-order valence-electron chi connectivity index (χ0n) is 11.5. The van der Waals surface area contributed by atoms with E-state index < -0.39 is 0 Å². The molecule has 0 bridgehead atoms. The fourth-order valence-corrected chi connectivity index (χ4v) is 1.81. The maximum Gasteiger partial charge on any atom is 0.128 e. The molecule has 19 heavy (non-hydrogen) atoms. The minimum absolute atomic E-state index is 0.355. The Balaban J connectivity index is 2.04. The van der Waals surface area contributed by atoms with Gasteiger partial charge in [-0.25, -0.2) is 4.98 Å². The van der Waals surface area contributed by atoms with E-state index in [1.807, 2.05) is 56.3 Å². The van der Waals surface area contributed by atoms with E-state index >= 15 is 0 Å². The summed E-state index contributed by atoms with van der Waals surface area (Å²) in [6, 6.07) is 9.69. The third kappa shape index (κ3) is 3.16. The number of phenols is 1. The maximum atomic E-state index is 9.93.